The minimum atomic E-state index is -3.82. The molecule has 0 bridgehead atoms. The van der Waals surface area contributed by atoms with Crippen LogP contribution in [0, 0.1) is 6.92 Å². The third kappa shape index (κ3) is 3.48. The largest absolute Gasteiger partial charge is 0.508 e. The highest BCUT2D eigenvalue weighted by atomic mass is 35.5. The number of halogens is 1. The number of hydrogen-bond donors (Lipinski definition) is 2. The minimum absolute atomic E-state index is 0.0361. The molecule has 0 aliphatic carbocycles. The molecule has 6 nitrogen and oxygen atoms in total. The molecule has 0 aliphatic heterocycles. The number of sulfonamides is 1. The predicted molar refractivity (Wildman–Crippen MR) is 81.2 cm³/mol. The number of phenols is 1. The average molecular weight is 330 g/mol. The second-order valence-corrected chi connectivity index (χ2v) is 6.63. The molecule has 0 fully saturated rings. The fourth-order valence-electron chi connectivity index (χ4n) is 1.86. The number of anilines is 1. The van der Waals surface area contributed by atoms with Crippen LogP contribution in [0.15, 0.2) is 29.4 Å². The zero-order valence-corrected chi connectivity index (χ0v) is 13.2. The van der Waals surface area contributed by atoms with Gasteiger partial charge in [-0.3, -0.25) is 4.72 Å². The van der Waals surface area contributed by atoms with Crippen molar-refractivity contribution in [2.75, 3.05) is 4.72 Å². The molecular formula is C13H16ClN3O3S. The van der Waals surface area contributed by atoms with Gasteiger partial charge in [0.15, 0.2) is 5.03 Å². The molecule has 8 heteroatoms. The summed E-state index contributed by atoms with van der Waals surface area (Å²) >= 11 is 5.90. The van der Waals surface area contributed by atoms with Gasteiger partial charge in [0.25, 0.3) is 10.0 Å². The number of hydrogen-bond acceptors (Lipinski definition) is 4. The van der Waals surface area contributed by atoms with E-state index in [4.69, 9.17) is 11.6 Å². The maximum atomic E-state index is 12.3. The Morgan fingerprint density at radius 3 is 2.76 bits per heavy atom. The van der Waals surface area contributed by atoms with Crippen LogP contribution in [0.4, 0.5) is 5.69 Å². The highest BCUT2D eigenvalue weighted by molar-refractivity contribution is 7.92. The lowest BCUT2D eigenvalue weighted by atomic mass is 10.3. The van der Waals surface area contributed by atoms with Crippen molar-refractivity contribution in [3.05, 3.63) is 35.2 Å². The molecule has 1 aromatic carbocycles. The van der Waals surface area contributed by atoms with Crippen LogP contribution < -0.4 is 4.72 Å². The number of nitrogens with one attached hydrogen (secondary N) is 1. The van der Waals surface area contributed by atoms with Gasteiger partial charge in [-0.1, -0.05) is 18.5 Å². The van der Waals surface area contributed by atoms with Crippen molar-refractivity contribution in [2.24, 2.45) is 0 Å². The number of benzene rings is 1. The molecular weight excluding hydrogens is 314 g/mol. The van der Waals surface area contributed by atoms with Gasteiger partial charge in [0.2, 0.25) is 0 Å². The second kappa shape index (κ2) is 5.95. The molecule has 21 heavy (non-hydrogen) atoms. The molecule has 0 amide bonds. The Bertz CT molecular complexity index is 756. The summed E-state index contributed by atoms with van der Waals surface area (Å²) in [4.78, 5) is 4.06. The first-order valence-electron chi connectivity index (χ1n) is 6.38. The standard InChI is InChI=1S/C13H16ClN3O3S/c1-3-6-17-8-13(15-9(17)2)21(19,20)16-12-5-4-10(18)7-11(12)14/h4-5,7-8,16,18H,3,6H2,1-2H3. The molecule has 2 aromatic rings. The number of phenolic OH excluding ortho intramolecular Hbond substituents is 1. The van der Waals surface area contributed by atoms with E-state index < -0.39 is 10.0 Å². The van der Waals surface area contributed by atoms with Gasteiger partial charge in [-0.15, -0.1) is 0 Å². The first kappa shape index (κ1) is 15.7. The molecule has 2 N–H and O–H groups in total. The van der Waals surface area contributed by atoms with Gasteiger partial charge in [-0.05, 0) is 25.5 Å². The van der Waals surface area contributed by atoms with E-state index in [0.717, 1.165) is 6.42 Å². The molecule has 0 saturated heterocycles. The highest BCUT2D eigenvalue weighted by Gasteiger charge is 2.20. The van der Waals surface area contributed by atoms with Crippen LogP contribution in [0.1, 0.15) is 19.2 Å². The maximum absolute atomic E-state index is 12.3. The third-order valence-electron chi connectivity index (χ3n) is 2.89. The summed E-state index contributed by atoms with van der Waals surface area (Å²) in [6.45, 7) is 4.46. The highest BCUT2D eigenvalue weighted by Crippen LogP contribution is 2.27. The zero-order valence-electron chi connectivity index (χ0n) is 11.7. The lowest BCUT2D eigenvalue weighted by molar-refractivity contribution is 0.475. The van der Waals surface area contributed by atoms with Crippen LogP contribution in [-0.4, -0.2) is 23.1 Å². The Hall–Kier alpha value is -1.73. The Morgan fingerprint density at radius 1 is 1.43 bits per heavy atom. The lowest BCUT2D eigenvalue weighted by Crippen LogP contribution is -2.13. The molecule has 0 saturated carbocycles. The smallest absolute Gasteiger partial charge is 0.281 e. The fourth-order valence-corrected chi connectivity index (χ4v) is 3.23. The van der Waals surface area contributed by atoms with Crippen LogP contribution in [-0.2, 0) is 16.6 Å². The summed E-state index contributed by atoms with van der Waals surface area (Å²) in [7, 11) is -3.82. The van der Waals surface area contributed by atoms with Crippen molar-refractivity contribution in [2.45, 2.75) is 31.8 Å². The zero-order chi connectivity index (χ0) is 15.6. The molecule has 0 radical (unpaired) electrons. The molecule has 0 atom stereocenters. The quantitative estimate of drug-likeness (QED) is 0.826. The Morgan fingerprint density at radius 2 is 2.14 bits per heavy atom. The fraction of sp³-hybridized carbons (Fsp3) is 0.308. The summed E-state index contributed by atoms with van der Waals surface area (Å²) in [6, 6.07) is 4.01. The van der Waals surface area contributed by atoms with Gasteiger partial charge in [0, 0.05) is 18.8 Å². The van der Waals surface area contributed by atoms with E-state index >= 15 is 0 Å². The Labute approximate surface area is 128 Å². The predicted octanol–water partition coefficient (Wildman–Crippen LogP) is 2.76. The SMILES string of the molecule is CCCn1cc(S(=O)(=O)Nc2ccc(O)cc2Cl)nc1C. The van der Waals surface area contributed by atoms with Crippen LogP contribution in [0.2, 0.25) is 5.02 Å². The van der Waals surface area contributed by atoms with E-state index in [-0.39, 0.29) is 21.5 Å². The first-order chi connectivity index (χ1) is 9.83. The molecule has 0 unspecified atom stereocenters. The number of rotatable bonds is 5. The number of imidazole rings is 1. The van der Waals surface area contributed by atoms with Gasteiger partial charge < -0.3 is 9.67 Å². The van der Waals surface area contributed by atoms with E-state index in [0.29, 0.717) is 12.4 Å². The number of aromatic nitrogens is 2. The molecule has 1 heterocycles. The minimum Gasteiger partial charge on any atom is -0.508 e. The second-order valence-electron chi connectivity index (χ2n) is 4.59. The maximum Gasteiger partial charge on any atom is 0.281 e. The van der Waals surface area contributed by atoms with Crippen molar-refractivity contribution in [3.8, 4) is 5.75 Å². The molecule has 0 aliphatic rings. The Kier molecular flexibility index (Phi) is 4.43. The van der Waals surface area contributed by atoms with Gasteiger partial charge >= 0.3 is 0 Å². The average Bonchev–Trinajstić information content (AvgIpc) is 2.76. The summed E-state index contributed by atoms with van der Waals surface area (Å²) in [5.74, 6) is 0.597. The molecule has 1 aromatic heterocycles. The van der Waals surface area contributed by atoms with Gasteiger partial charge in [-0.2, -0.15) is 8.42 Å². The van der Waals surface area contributed by atoms with Crippen LogP contribution >= 0.6 is 11.6 Å². The van der Waals surface area contributed by atoms with E-state index in [9.17, 15) is 13.5 Å². The van der Waals surface area contributed by atoms with Crippen molar-refractivity contribution >= 4 is 27.3 Å². The van der Waals surface area contributed by atoms with Gasteiger partial charge in [0.05, 0.1) is 10.7 Å². The van der Waals surface area contributed by atoms with E-state index in [1.54, 1.807) is 11.5 Å². The summed E-state index contributed by atoms with van der Waals surface area (Å²) in [5, 5.41) is 9.33. The van der Waals surface area contributed by atoms with Crippen molar-refractivity contribution in [1.29, 1.82) is 0 Å². The van der Waals surface area contributed by atoms with Crippen LogP contribution in [0.3, 0.4) is 0 Å². The van der Waals surface area contributed by atoms with Gasteiger partial charge in [0.1, 0.15) is 11.6 Å². The van der Waals surface area contributed by atoms with Crippen LogP contribution in [0.5, 0.6) is 5.75 Å². The molecule has 2 rings (SSSR count). The molecule has 0 spiro atoms. The summed E-state index contributed by atoms with van der Waals surface area (Å²) < 4.78 is 28.8. The summed E-state index contributed by atoms with van der Waals surface area (Å²) in [5.41, 5.74) is 0.192. The Balaban J connectivity index is 2.32. The van der Waals surface area contributed by atoms with Crippen molar-refractivity contribution in [3.63, 3.8) is 0 Å². The van der Waals surface area contributed by atoms with Gasteiger partial charge in [-0.25, -0.2) is 4.98 Å². The molecule has 114 valence electrons. The topological polar surface area (TPSA) is 84.2 Å². The number of nitrogens with zero attached hydrogens (tertiary/aromatic N) is 2. The van der Waals surface area contributed by atoms with Crippen LogP contribution in [0.25, 0.3) is 0 Å². The number of aromatic hydroxyl groups is 1. The first-order valence-corrected chi connectivity index (χ1v) is 8.24. The van der Waals surface area contributed by atoms with E-state index in [2.05, 4.69) is 9.71 Å². The van der Waals surface area contributed by atoms with E-state index in [1.807, 2.05) is 6.92 Å². The van der Waals surface area contributed by atoms with Crippen molar-refractivity contribution < 1.29 is 13.5 Å². The third-order valence-corrected chi connectivity index (χ3v) is 4.44. The lowest BCUT2D eigenvalue weighted by Gasteiger charge is -2.07. The monoisotopic (exact) mass is 329 g/mol. The van der Waals surface area contributed by atoms with Crippen molar-refractivity contribution in [1.82, 2.24) is 9.55 Å². The summed E-state index contributed by atoms with van der Waals surface area (Å²) in [6.07, 6.45) is 2.38. The normalized spacial score (nSPS) is 11.6. The van der Waals surface area contributed by atoms with E-state index in [1.165, 1.54) is 24.4 Å². The number of aryl methyl sites for hydroxylation is 2.